The van der Waals surface area contributed by atoms with Crippen LogP contribution in [0.3, 0.4) is 0 Å². The summed E-state index contributed by atoms with van der Waals surface area (Å²) in [5.74, 6) is 0.698. The van der Waals surface area contributed by atoms with Crippen molar-refractivity contribution in [3.63, 3.8) is 0 Å². The Labute approximate surface area is 62.0 Å². The minimum atomic E-state index is -0.615. The van der Waals surface area contributed by atoms with Gasteiger partial charge in [-0.2, -0.15) is 0 Å². The number of alkyl halides is 1. The molecular formula is C8H16FN. The van der Waals surface area contributed by atoms with Crippen LogP contribution in [0.25, 0.3) is 0 Å². The first-order valence-electron chi connectivity index (χ1n) is 4.11. The molecule has 60 valence electrons. The lowest BCUT2D eigenvalue weighted by Gasteiger charge is -2.26. The molecule has 0 spiro atoms. The lowest BCUT2D eigenvalue weighted by atomic mass is 9.82. The Morgan fingerprint density at radius 1 is 1.60 bits per heavy atom. The number of nitrogens with one attached hydrogen (secondary N) is 1. The van der Waals surface area contributed by atoms with Gasteiger partial charge in [-0.25, -0.2) is 4.39 Å². The molecule has 1 nitrogen and oxygen atoms in total. The van der Waals surface area contributed by atoms with Gasteiger partial charge in [-0.1, -0.05) is 19.3 Å². The van der Waals surface area contributed by atoms with Gasteiger partial charge in [0.1, 0.15) is 6.17 Å². The summed E-state index contributed by atoms with van der Waals surface area (Å²) in [7, 11) is 1.80. The lowest BCUT2D eigenvalue weighted by molar-refractivity contribution is 0.203. The molecule has 0 saturated heterocycles. The zero-order valence-corrected chi connectivity index (χ0v) is 6.57. The fourth-order valence-corrected chi connectivity index (χ4v) is 1.40. The molecule has 1 N–H and O–H groups in total. The van der Waals surface area contributed by atoms with Gasteiger partial charge in [-0.05, 0) is 19.4 Å². The second kappa shape index (κ2) is 3.91. The van der Waals surface area contributed by atoms with E-state index in [0.717, 1.165) is 6.42 Å². The Morgan fingerprint density at radius 3 is 2.70 bits per heavy atom. The van der Waals surface area contributed by atoms with Crippen molar-refractivity contribution in [1.82, 2.24) is 5.32 Å². The van der Waals surface area contributed by atoms with Gasteiger partial charge in [0, 0.05) is 6.54 Å². The second-order valence-corrected chi connectivity index (χ2v) is 3.19. The SMILES string of the molecule is CNCC(F)CC1CCC1. The Hall–Kier alpha value is -0.110. The van der Waals surface area contributed by atoms with E-state index in [0.29, 0.717) is 12.5 Å². The van der Waals surface area contributed by atoms with E-state index < -0.39 is 6.17 Å². The molecule has 1 aliphatic rings. The van der Waals surface area contributed by atoms with Crippen molar-refractivity contribution in [2.24, 2.45) is 5.92 Å². The minimum Gasteiger partial charge on any atom is -0.317 e. The molecule has 1 aliphatic carbocycles. The fraction of sp³-hybridized carbons (Fsp3) is 1.00. The molecule has 0 aromatic rings. The van der Waals surface area contributed by atoms with E-state index in [2.05, 4.69) is 5.32 Å². The van der Waals surface area contributed by atoms with E-state index in [1.54, 1.807) is 7.05 Å². The number of hydrogen-bond acceptors (Lipinski definition) is 1. The van der Waals surface area contributed by atoms with Crippen LogP contribution in [-0.4, -0.2) is 19.8 Å². The molecule has 10 heavy (non-hydrogen) atoms. The zero-order chi connectivity index (χ0) is 7.40. The molecular weight excluding hydrogens is 129 g/mol. The monoisotopic (exact) mass is 145 g/mol. The van der Waals surface area contributed by atoms with Gasteiger partial charge in [-0.3, -0.25) is 0 Å². The van der Waals surface area contributed by atoms with Crippen molar-refractivity contribution in [3.05, 3.63) is 0 Å². The second-order valence-electron chi connectivity index (χ2n) is 3.19. The van der Waals surface area contributed by atoms with E-state index in [1.807, 2.05) is 0 Å². The van der Waals surface area contributed by atoms with Gasteiger partial charge in [0.05, 0.1) is 0 Å². The molecule has 0 aliphatic heterocycles. The van der Waals surface area contributed by atoms with Crippen molar-refractivity contribution < 1.29 is 4.39 Å². The van der Waals surface area contributed by atoms with Crippen LogP contribution >= 0.6 is 0 Å². The highest BCUT2D eigenvalue weighted by Gasteiger charge is 2.20. The van der Waals surface area contributed by atoms with Gasteiger partial charge in [0.25, 0.3) is 0 Å². The van der Waals surface area contributed by atoms with Crippen LogP contribution in [0.5, 0.6) is 0 Å². The summed E-state index contributed by atoms with van der Waals surface area (Å²) < 4.78 is 12.8. The molecule has 0 heterocycles. The van der Waals surface area contributed by atoms with Crippen molar-refractivity contribution in [2.45, 2.75) is 31.9 Å². The predicted molar refractivity (Wildman–Crippen MR) is 40.8 cm³/mol. The summed E-state index contributed by atoms with van der Waals surface area (Å²) in [6, 6.07) is 0. The first-order valence-corrected chi connectivity index (χ1v) is 4.11. The number of halogens is 1. The van der Waals surface area contributed by atoms with E-state index in [-0.39, 0.29) is 0 Å². The molecule has 1 atom stereocenters. The van der Waals surface area contributed by atoms with Gasteiger partial charge in [-0.15, -0.1) is 0 Å². The van der Waals surface area contributed by atoms with E-state index in [9.17, 15) is 4.39 Å². The Balaban J connectivity index is 1.99. The molecule has 0 aromatic heterocycles. The van der Waals surface area contributed by atoms with Gasteiger partial charge in [0.2, 0.25) is 0 Å². The number of rotatable bonds is 4. The average molecular weight is 145 g/mol. The topological polar surface area (TPSA) is 12.0 Å². The van der Waals surface area contributed by atoms with Crippen LogP contribution in [0.2, 0.25) is 0 Å². The average Bonchev–Trinajstić information content (AvgIpc) is 1.80. The van der Waals surface area contributed by atoms with E-state index in [4.69, 9.17) is 0 Å². The van der Waals surface area contributed by atoms with Gasteiger partial charge in [0.15, 0.2) is 0 Å². The van der Waals surface area contributed by atoms with Crippen molar-refractivity contribution in [1.29, 1.82) is 0 Å². The fourth-order valence-electron chi connectivity index (χ4n) is 1.40. The minimum absolute atomic E-state index is 0.524. The van der Waals surface area contributed by atoms with E-state index in [1.165, 1.54) is 19.3 Å². The van der Waals surface area contributed by atoms with Crippen LogP contribution < -0.4 is 5.32 Å². The molecule has 0 bridgehead atoms. The van der Waals surface area contributed by atoms with Crippen LogP contribution in [0.1, 0.15) is 25.7 Å². The van der Waals surface area contributed by atoms with Crippen molar-refractivity contribution in [2.75, 3.05) is 13.6 Å². The normalized spacial score (nSPS) is 22.2. The van der Waals surface area contributed by atoms with Crippen LogP contribution in [0.15, 0.2) is 0 Å². The molecule has 1 fully saturated rings. The molecule has 0 radical (unpaired) electrons. The third-order valence-corrected chi connectivity index (χ3v) is 2.24. The summed E-state index contributed by atoms with van der Waals surface area (Å²) in [5, 5.41) is 2.85. The maximum atomic E-state index is 12.8. The van der Waals surface area contributed by atoms with Gasteiger partial charge >= 0.3 is 0 Å². The van der Waals surface area contributed by atoms with Crippen molar-refractivity contribution in [3.8, 4) is 0 Å². The number of hydrogen-bond donors (Lipinski definition) is 1. The standard InChI is InChI=1S/C8H16FN/c1-10-6-8(9)5-7-3-2-4-7/h7-8,10H,2-6H2,1H3. The molecule has 0 amide bonds. The summed E-state index contributed by atoms with van der Waals surface area (Å²) in [4.78, 5) is 0. The lowest BCUT2D eigenvalue weighted by Crippen LogP contribution is -2.24. The van der Waals surface area contributed by atoms with Crippen LogP contribution in [0.4, 0.5) is 4.39 Å². The Bertz CT molecular complexity index is 91.3. The van der Waals surface area contributed by atoms with Crippen molar-refractivity contribution >= 4 is 0 Å². The van der Waals surface area contributed by atoms with E-state index >= 15 is 0 Å². The molecule has 0 aromatic carbocycles. The predicted octanol–water partition coefficient (Wildman–Crippen LogP) is 1.73. The highest BCUT2D eigenvalue weighted by molar-refractivity contribution is 4.73. The molecule has 2 heteroatoms. The summed E-state index contributed by atoms with van der Waals surface area (Å²) in [6.45, 7) is 0.524. The summed E-state index contributed by atoms with van der Waals surface area (Å²) >= 11 is 0. The first kappa shape index (κ1) is 7.99. The molecule has 1 saturated carbocycles. The van der Waals surface area contributed by atoms with Crippen LogP contribution in [0, 0.1) is 5.92 Å². The third-order valence-electron chi connectivity index (χ3n) is 2.24. The molecule has 1 rings (SSSR count). The smallest absolute Gasteiger partial charge is 0.113 e. The molecule has 1 unspecified atom stereocenters. The maximum Gasteiger partial charge on any atom is 0.113 e. The summed E-state index contributed by atoms with van der Waals surface area (Å²) in [6.07, 6.45) is 3.99. The highest BCUT2D eigenvalue weighted by Crippen LogP contribution is 2.30. The van der Waals surface area contributed by atoms with Gasteiger partial charge < -0.3 is 5.32 Å². The van der Waals surface area contributed by atoms with Crippen LogP contribution in [-0.2, 0) is 0 Å². The first-order chi connectivity index (χ1) is 4.83. The largest absolute Gasteiger partial charge is 0.317 e. The Morgan fingerprint density at radius 2 is 2.30 bits per heavy atom. The highest BCUT2D eigenvalue weighted by atomic mass is 19.1. The summed E-state index contributed by atoms with van der Waals surface area (Å²) in [5.41, 5.74) is 0. The quantitative estimate of drug-likeness (QED) is 0.635. The Kier molecular flexibility index (Phi) is 3.13. The maximum absolute atomic E-state index is 12.8. The third kappa shape index (κ3) is 2.25. The zero-order valence-electron chi connectivity index (χ0n) is 6.57.